The van der Waals surface area contributed by atoms with Gasteiger partial charge in [0.1, 0.15) is 0 Å². The molecule has 0 bridgehead atoms. The topological polar surface area (TPSA) is 29.3 Å². The van der Waals surface area contributed by atoms with Gasteiger partial charge in [-0.2, -0.15) is 0 Å². The molecule has 2 N–H and O–H groups in total. The molecule has 1 fully saturated rings. The number of benzene rings is 1. The Labute approximate surface area is 109 Å². The zero-order chi connectivity index (χ0) is 12.3. The first-order valence-electron chi connectivity index (χ1n) is 6.40. The van der Waals surface area contributed by atoms with Crippen molar-refractivity contribution in [2.45, 2.75) is 32.2 Å². The van der Waals surface area contributed by atoms with E-state index in [4.69, 9.17) is 17.3 Å². The maximum atomic E-state index is 6.00. The van der Waals surface area contributed by atoms with Crippen LogP contribution in [0.25, 0.3) is 0 Å². The van der Waals surface area contributed by atoms with Gasteiger partial charge < -0.3 is 10.6 Å². The summed E-state index contributed by atoms with van der Waals surface area (Å²) in [5.74, 6) is 0.848. The van der Waals surface area contributed by atoms with Crippen LogP contribution in [0.5, 0.6) is 0 Å². The molecule has 0 heterocycles. The molecule has 1 aromatic carbocycles. The second-order valence-corrected chi connectivity index (χ2v) is 5.44. The van der Waals surface area contributed by atoms with Crippen molar-refractivity contribution in [3.63, 3.8) is 0 Å². The molecule has 0 radical (unpaired) electrons. The minimum Gasteiger partial charge on any atom is -0.374 e. The lowest BCUT2D eigenvalue weighted by molar-refractivity contribution is 0.546. The van der Waals surface area contributed by atoms with Crippen LogP contribution in [0.1, 0.15) is 31.2 Å². The Bertz CT molecular complexity index is 372. The summed E-state index contributed by atoms with van der Waals surface area (Å²) in [6.45, 7) is 1.68. The summed E-state index contributed by atoms with van der Waals surface area (Å²) in [6, 6.07) is 6.00. The predicted octanol–water partition coefficient (Wildman–Crippen LogP) is 3.43. The van der Waals surface area contributed by atoms with Gasteiger partial charge in [0.2, 0.25) is 0 Å². The first-order valence-corrected chi connectivity index (χ1v) is 6.78. The van der Waals surface area contributed by atoms with Crippen molar-refractivity contribution in [3.8, 4) is 0 Å². The Kier molecular flexibility index (Phi) is 4.30. The number of anilines is 1. The van der Waals surface area contributed by atoms with Crippen LogP contribution in [0.2, 0.25) is 5.02 Å². The summed E-state index contributed by atoms with van der Waals surface area (Å²) in [6.07, 6.45) is 5.53. The molecule has 1 saturated carbocycles. The van der Waals surface area contributed by atoms with E-state index in [1.807, 2.05) is 12.1 Å². The summed E-state index contributed by atoms with van der Waals surface area (Å²) in [5.41, 5.74) is 8.14. The van der Waals surface area contributed by atoms with Gasteiger partial charge in [0.15, 0.2) is 0 Å². The summed E-state index contributed by atoms with van der Waals surface area (Å²) >= 11 is 6.00. The molecular weight excluding hydrogens is 232 g/mol. The van der Waals surface area contributed by atoms with Gasteiger partial charge in [-0.05, 0) is 42.5 Å². The Balaban J connectivity index is 2.09. The average molecular weight is 253 g/mol. The summed E-state index contributed by atoms with van der Waals surface area (Å²) in [7, 11) is 2.15. The molecule has 0 saturated heterocycles. The number of hydrogen-bond acceptors (Lipinski definition) is 2. The van der Waals surface area contributed by atoms with Crippen LogP contribution in [-0.4, -0.2) is 13.6 Å². The molecule has 3 heteroatoms. The van der Waals surface area contributed by atoms with Gasteiger partial charge in [-0.3, -0.25) is 0 Å². The molecule has 2 rings (SSSR count). The predicted molar refractivity (Wildman–Crippen MR) is 74.6 cm³/mol. The number of nitrogens with two attached hydrogens (primary N) is 1. The van der Waals surface area contributed by atoms with E-state index in [9.17, 15) is 0 Å². The number of hydrogen-bond donors (Lipinski definition) is 1. The SMILES string of the molecule is CN(CC1CCCC1)c1ccc(Cl)cc1CN. The van der Waals surface area contributed by atoms with E-state index in [1.54, 1.807) is 0 Å². The Morgan fingerprint density at radius 1 is 1.35 bits per heavy atom. The van der Waals surface area contributed by atoms with Crippen molar-refractivity contribution >= 4 is 17.3 Å². The quantitative estimate of drug-likeness (QED) is 0.890. The normalized spacial score (nSPS) is 16.4. The third-order valence-corrected chi connectivity index (χ3v) is 3.91. The van der Waals surface area contributed by atoms with Crippen LogP contribution in [0, 0.1) is 5.92 Å². The fraction of sp³-hybridized carbons (Fsp3) is 0.571. The van der Waals surface area contributed by atoms with Gasteiger partial charge in [-0.15, -0.1) is 0 Å². The largest absolute Gasteiger partial charge is 0.374 e. The van der Waals surface area contributed by atoms with Gasteiger partial charge in [-0.25, -0.2) is 0 Å². The van der Waals surface area contributed by atoms with Gasteiger partial charge >= 0.3 is 0 Å². The summed E-state index contributed by atoms with van der Waals surface area (Å²) in [5, 5.41) is 0.767. The molecule has 0 amide bonds. The Hall–Kier alpha value is -0.730. The van der Waals surface area contributed by atoms with E-state index in [0.717, 1.165) is 23.0 Å². The van der Waals surface area contributed by atoms with Gasteiger partial charge in [-0.1, -0.05) is 24.4 Å². The minimum absolute atomic E-state index is 0.547. The van der Waals surface area contributed by atoms with Crippen LogP contribution in [-0.2, 0) is 6.54 Å². The standard InChI is InChI=1S/C14H21ClN2/c1-17(10-11-4-2-3-5-11)14-7-6-13(15)8-12(14)9-16/h6-8,11H,2-5,9-10,16H2,1H3. The van der Waals surface area contributed by atoms with Gasteiger partial charge in [0.05, 0.1) is 0 Å². The lowest BCUT2D eigenvalue weighted by Gasteiger charge is -2.25. The van der Waals surface area contributed by atoms with Gasteiger partial charge in [0, 0.05) is 30.8 Å². The fourth-order valence-corrected chi connectivity index (χ4v) is 2.96. The van der Waals surface area contributed by atoms with Crippen LogP contribution >= 0.6 is 11.6 Å². The Morgan fingerprint density at radius 3 is 2.71 bits per heavy atom. The smallest absolute Gasteiger partial charge is 0.0410 e. The second-order valence-electron chi connectivity index (χ2n) is 5.01. The van der Waals surface area contributed by atoms with Crippen LogP contribution in [0.3, 0.4) is 0 Å². The lowest BCUT2D eigenvalue weighted by atomic mass is 10.1. The molecule has 17 heavy (non-hydrogen) atoms. The molecule has 0 aliphatic heterocycles. The molecule has 1 aliphatic rings. The summed E-state index contributed by atoms with van der Waals surface area (Å²) < 4.78 is 0. The first kappa shape index (κ1) is 12.7. The highest BCUT2D eigenvalue weighted by Crippen LogP contribution is 2.29. The average Bonchev–Trinajstić information content (AvgIpc) is 2.81. The molecule has 1 aromatic rings. The van der Waals surface area contributed by atoms with E-state index in [-0.39, 0.29) is 0 Å². The molecular formula is C14H21ClN2. The van der Waals surface area contributed by atoms with Crippen molar-refractivity contribution in [1.29, 1.82) is 0 Å². The maximum Gasteiger partial charge on any atom is 0.0410 e. The molecule has 0 unspecified atom stereocenters. The minimum atomic E-state index is 0.547. The molecule has 94 valence electrons. The molecule has 1 aliphatic carbocycles. The highest BCUT2D eigenvalue weighted by molar-refractivity contribution is 6.30. The second kappa shape index (κ2) is 5.74. The zero-order valence-corrected chi connectivity index (χ0v) is 11.2. The van der Waals surface area contributed by atoms with Crippen molar-refractivity contribution in [2.75, 3.05) is 18.5 Å². The molecule has 2 nitrogen and oxygen atoms in total. The first-order chi connectivity index (χ1) is 8.20. The van der Waals surface area contributed by atoms with Crippen LogP contribution in [0.4, 0.5) is 5.69 Å². The number of halogens is 1. The Morgan fingerprint density at radius 2 is 2.06 bits per heavy atom. The van der Waals surface area contributed by atoms with E-state index < -0.39 is 0 Å². The molecule has 0 aromatic heterocycles. The third-order valence-electron chi connectivity index (χ3n) is 3.68. The van der Waals surface area contributed by atoms with E-state index in [0.29, 0.717) is 6.54 Å². The lowest BCUT2D eigenvalue weighted by Crippen LogP contribution is -2.25. The molecule has 0 atom stereocenters. The van der Waals surface area contributed by atoms with Gasteiger partial charge in [0.25, 0.3) is 0 Å². The summed E-state index contributed by atoms with van der Waals surface area (Å²) in [4.78, 5) is 2.33. The highest BCUT2D eigenvalue weighted by Gasteiger charge is 2.18. The van der Waals surface area contributed by atoms with Crippen molar-refractivity contribution in [3.05, 3.63) is 28.8 Å². The van der Waals surface area contributed by atoms with E-state index in [1.165, 1.54) is 31.4 Å². The van der Waals surface area contributed by atoms with Crippen molar-refractivity contribution in [2.24, 2.45) is 11.7 Å². The van der Waals surface area contributed by atoms with Crippen molar-refractivity contribution in [1.82, 2.24) is 0 Å². The zero-order valence-electron chi connectivity index (χ0n) is 10.5. The fourth-order valence-electron chi connectivity index (χ4n) is 2.77. The van der Waals surface area contributed by atoms with Crippen LogP contribution < -0.4 is 10.6 Å². The van der Waals surface area contributed by atoms with E-state index >= 15 is 0 Å². The van der Waals surface area contributed by atoms with Crippen molar-refractivity contribution < 1.29 is 0 Å². The number of nitrogens with zero attached hydrogens (tertiary/aromatic N) is 1. The number of rotatable bonds is 4. The third kappa shape index (κ3) is 3.14. The highest BCUT2D eigenvalue weighted by atomic mass is 35.5. The van der Waals surface area contributed by atoms with Crippen LogP contribution in [0.15, 0.2) is 18.2 Å². The monoisotopic (exact) mass is 252 g/mol. The van der Waals surface area contributed by atoms with E-state index in [2.05, 4.69) is 18.0 Å². The maximum absolute atomic E-state index is 6.00. The molecule has 0 spiro atoms.